The monoisotopic (exact) mass is 219 g/mol. The lowest BCUT2D eigenvalue weighted by Gasteiger charge is -2.01. The molecule has 0 aliphatic rings. The summed E-state index contributed by atoms with van der Waals surface area (Å²) in [5.74, 6) is -0.488. The average Bonchev–Trinajstić information content (AvgIpc) is 2.11. The first-order valence-electron chi connectivity index (χ1n) is 3.50. The highest BCUT2D eigenvalue weighted by Crippen LogP contribution is 2.22. The Kier molecular flexibility index (Phi) is 3.54. The van der Waals surface area contributed by atoms with Crippen LogP contribution in [0.3, 0.4) is 0 Å². The van der Waals surface area contributed by atoms with Gasteiger partial charge >= 0.3 is 0 Å². The van der Waals surface area contributed by atoms with Crippen LogP contribution < -0.4 is 5.48 Å². The highest BCUT2D eigenvalue weighted by Gasteiger charge is 2.03. The van der Waals surface area contributed by atoms with E-state index in [-0.39, 0.29) is 6.42 Å². The van der Waals surface area contributed by atoms with E-state index in [2.05, 4.69) is 0 Å². The van der Waals surface area contributed by atoms with Crippen molar-refractivity contribution in [3.8, 4) is 0 Å². The Morgan fingerprint density at radius 1 is 1.38 bits per heavy atom. The molecule has 0 unspecified atom stereocenters. The second-order valence-electron chi connectivity index (χ2n) is 2.46. The zero-order chi connectivity index (χ0) is 9.84. The van der Waals surface area contributed by atoms with Gasteiger partial charge in [0, 0.05) is 0 Å². The van der Waals surface area contributed by atoms with Crippen LogP contribution in [0.2, 0.25) is 10.0 Å². The number of halogens is 2. The van der Waals surface area contributed by atoms with Gasteiger partial charge in [0.05, 0.1) is 16.5 Å². The van der Waals surface area contributed by atoms with Crippen LogP contribution in [0.1, 0.15) is 5.56 Å². The van der Waals surface area contributed by atoms with Gasteiger partial charge in [0.2, 0.25) is 5.91 Å². The fraction of sp³-hybridized carbons (Fsp3) is 0.125. The lowest BCUT2D eigenvalue weighted by atomic mass is 10.1. The van der Waals surface area contributed by atoms with Crippen molar-refractivity contribution in [1.29, 1.82) is 0 Å². The lowest BCUT2D eigenvalue weighted by Crippen LogP contribution is -2.20. The molecule has 0 aliphatic carbocycles. The third kappa shape index (κ3) is 2.88. The van der Waals surface area contributed by atoms with Crippen molar-refractivity contribution in [2.45, 2.75) is 6.42 Å². The minimum absolute atomic E-state index is 0.0768. The smallest absolute Gasteiger partial charge is 0.247 e. The van der Waals surface area contributed by atoms with E-state index in [0.717, 1.165) is 0 Å². The fourth-order valence-corrected chi connectivity index (χ4v) is 1.20. The number of hydrogen-bond donors (Lipinski definition) is 2. The predicted molar refractivity (Wildman–Crippen MR) is 50.1 cm³/mol. The van der Waals surface area contributed by atoms with E-state index in [0.29, 0.717) is 15.6 Å². The van der Waals surface area contributed by atoms with Crippen LogP contribution in [0.25, 0.3) is 0 Å². The maximum Gasteiger partial charge on any atom is 0.247 e. The second-order valence-corrected chi connectivity index (χ2v) is 3.27. The quantitative estimate of drug-likeness (QED) is 0.591. The van der Waals surface area contributed by atoms with Crippen LogP contribution in [0.4, 0.5) is 0 Å². The summed E-state index contributed by atoms with van der Waals surface area (Å²) in [6, 6.07) is 4.85. The summed E-state index contributed by atoms with van der Waals surface area (Å²) in [6.07, 6.45) is 0.0768. The molecule has 0 saturated heterocycles. The summed E-state index contributed by atoms with van der Waals surface area (Å²) in [7, 11) is 0. The molecule has 0 aliphatic heterocycles. The minimum atomic E-state index is -0.488. The standard InChI is InChI=1S/C8H7Cl2NO2/c9-6-2-1-5(3-7(6)10)4-8(12)11-13/h1-3,13H,4H2,(H,11,12). The van der Waals surface area contributed by atoms with E-state index in [1.165, 1.54) is 5.48 Å². The van der Waals surface area contributed by atoms with Crippen LogP contribution >= 0.6 is 23.2 Å². The Balaban J connectivity index is 2.79. The van der Waals surface area contributed by atoms with Gasteiger partial charge in [-0.1, -0.05) is 29.3 Å². The van der Waals surface area contributed by atoms with Crippen molar-refractivity contribution in [2.75, 3.05) is 0 Å². The topological polar surface area (TPSA) is 49.3 Å². The summed E-state index contributed by atoms with van der Waals surface area (Å²) >= 11 is 11.4. The Morgan fingerprint density at radius 3 is 2.62 bits per heavy atom. The van der Waals surface area contributed by atoms with Crippen LogP contribution in [0.5, 0.6) is 0 Å². The van der Waals surface area contributed by atoms with E-state index in [4.69, 9.17) is 28.4 Å². The summed E-state index contributed by atoms with van der Waals surface area (Å²) in [4.78, 5) is 10.7. The average molecular weight is 220 g/mol. The number of carbonyl (C=O) groups excluding carboxylic acids is 1. The molecule has 2 N–H and O–H groups in total. The molecule has 5 heteroatoms. The molecular weight excluding hydrogens is 213 g/mol. The van der Waals surface area contributed by atoms with Gasteiger partial charge in [-0.05, 0) is 17.7 Å². The van der Waals surface area contributed by atoms with Gasteiger partial charge in [0.1, 0.15) is 0 Å². The molecular formula is C8H7Cl2NO2. The minimum Gasteiger partial charge on any atom is -0.289 e. The molecule has 0 bridgehead atoms. The molecule has 0 saturated carbocycles. The van der Waals surface area contributed by atoms with Crippen LogP contribution in [-0.2, 0) is 11.2 Å². The Hall–Kier alpha value is -0.770. The van der Waals surface area contributed by atoms with Crippen LogP contribution in [0.15, 0.2) is 18.2 Å². The molecule has 1 amide bonds. The molecule has 1 aromatic rings. The molecule has 0 aromatic heterocycles. The zero-order valence-electron chi connectivity index (χ0n) is 6.55. The van der Waals surface area contributed by atoms with Crippen molar-refractivity contribution >= 4 is 29.1 Å². The first-order chi connectivity index (χ1) is 6.13. The first-order valence-corrected chi connectivity index (χ1v) is 4.26. The maximum atomic E-state index is 10.7. The second kappa shape index (κ2) is 4.46. The first kappa shape index (κ1) is 10.3. The fourth-order valence-electron chi connectivity index (χ4n) is 0.875. The third-order valence-corrected chi connectivity index (χ3v) is 2.21. The Morgan fingerprint density at radius 2 is 2.08 bits per heavy atom. The maximum absolute atomic E-state index is 10.7. The number of rotatable bonds is 2. The molecule has 1 rings (SSSR count). The van der Waals surface area contributed by atoms with Crippen molar-refractivity contribution < 1.29 is 10.0 Å². The molecule has 0 fully saturated rings. The van der Waals surface area contributed by atoms with Crippen molar-refractivity contribution in [2.24, 2.45) is 0 Å². The van der Waals surface area contributed by atoms with Crippen molar-refractivity contribution in [3.05, 3.63) is 33.8 Å². The normalized spacial score (nSPS) is 9.77. The Bertz CT molecular complexity index is 328. The van der Waals surface area contributed by atoms with Crippen LogP contribution in [-0.4, -0.2) is 11.1 Å². The van der Waals surface area contributed by atoms with Gasteiger partial charge in [-0.25, -0.2) is 5.48 Å². The zero-order valence-corrected chi connectivity index (χ0v) is 8.06. The SMILES string of the molecule is O=C(Cc1ccc(Cl)c(Cl)c1)NO. The summed E-state index contributed by atoms with van der Waals surface area (Å²) in [5.41, 5.74) is 2.23. The highest BCUT2D eigenvalue weighted by atomic mass is 35.5. The van der Waals surface area contributed by atoms with E-state index in [1.54, 1.807) is 18.2 Å². The van der Waals surface area contributed by atoms with E-state index < -0.39 is 5.91 Å². The molecule has 1 aromatic carbocycles. The predicted octanol–water partition coefficient (Wildman–Crippen LogP) is 2.04. The molecule has 0 atom stereocenters. The van der Waals surface area contributed by atoms with Crippen molar-refractivity contribution in [1.82, 2.24) is 5.48 Å². The third-order valence-electron chi connectivity index (χ3n) is 1.47. The number of amides is 1. The summed E-state index contributed by atoms with van der Waals surface area (Å²) in [5, 5.41) is 9.09. The van der Waals surface area contributed by atoms with Gasteiger partial charge in [-0.2, -0.15) is 0 Å². The largest absolute Gasteiger partial charge is 0.289 e. The molecule has 0 heterocycles. The number of hydroxylamine groups is 1. The highest BCUT2D eigenvalue weighted by molar-refractivity contribution is 6.42. The van der Waals surface area contributed by atoms with Gasteiger partial charge in [0.25, 0.3) is 0 Å². The number of hydrogen-bond acceptors (Lipinski definition) is 2. The molecule has 0 spiro atoms. The molecule has 3 nitrogen and oxygen atoms in total. The van der Waals surface area contributed by atoms with Crippen LogP contribution in [0, 0.1) is 0 Å². The van der Waals surface area contributed by atoms with Gasteiger partial charge in [-0.3, -0.25) is 10.0 Å². The summed E-state index contributed by atoms with van der Waals surface area (Å²) in [6.45, 7) is 0. The number of benzene rings is 1. The van der Waals surface area contributed by atoms with Gasteiger partial charge in [0.15, 0.2) is 0 Å². The van der Waals surface area contributed by atoms with E-state index in [9.17, 15) is 4.79 Å². The number of nitrogens with one attached hydrogen (secondary N) is 1. The van der Waals surface area contributed by atoms with Gasteiger partial charge < -0.3 is 0 Å². The van der Waals surface area contributed by atoms with Gasteiger partial charge in [-0.15, -0.1) is 0 Å². The molecule has 13 heavy (non-hydrogen) atoms. The van der Waals surface area contributed by atoms with E-state index >= 15 is 0 Å². The lowest BCUT2D eigenvalue weighted by molar-refractivity contribution is -0.128. The molecule has 0 radical (unpaired) electrons. The Labute approximate surface area is 85.2 Å². The molecule has 70 valence electrons. The summed E-state index contributed by atoms with van der Waals surface area (Å²) < 4.78 is 0. The van der Waals surface area contributed by atoms with Crippen molar-refractivity contribution in [3.63, 3.8) is 0 Å². The van der Waals surface area contributed by atoms with E-state index in [1.807, 2.05) is 0 Å². The number of carbonyl (C=O) groups is 1.